The zero-order valence-electron chi connectivity index (χ0n) is 12.4. The lowest BCUT2D eigenvalue weighted by Crippen LogP contribution is -2.21. The number of aliphatic imine (C=N–C) groups is 2. The molecule has 0 heterocycles. The summed E-state index contributed by atoms with van der Waals surface area (Å²) in [5, 5.41) is 0. The van der Waals surface area contributed by atoms with Gasteiger partial charge in [-0.25, -0.2) is 9.59 Å². The van der Waals surface area contributed by atoms with Crippen LogP contribution in [0.3, 0.4) is 0 Å². The van der Waals surface area contributed by atoms with Gasteiger partial charge in [0.2, 0.25) is 12.2 Å². The minimum atomic E-state index is -0.461. The van der Waals surface area contributed by atoms with Gasteiger partial charge in [-0.1, -0.05) is 24.3 Å². The van der Waals surface area contributed by atoms with E-state index in [9.17, 15) is 9.59 Å². The van der Waals surface area contributed by atoms with Crippen LogP contribution in [0.25, 0.3) is 0 Å². The average molecular weight is 272 g/mol. The standard InChI is InChI=1S/C16H20N2O2/c1-15(2,17-11-19)9-13-6-5-7-14(8-13)10-16(3,4)18-12-20/h5-8H,9-10H2,1-4H3. The highest BCUT2D eigenvalue weighted by Gasteiger charge is 2.19. The maximum absolute atomic E-state index is 10.4. The SMILES string of the molecule is CC(C)(Cc1cccc(CC(C)(C)N=C=O)c1)N=C=O. The zero-order valence-corrected chi connectivity index (χ0v) is 12.4. The third kappa shape index (κ3) is 5.31. The first kappa shape index (κ1) is 16.0. The maximum atomic E-state index is 10.4. The van der Waals surface area contributed by atoms with Crippen molar-refractivity contribution in [2.45, 2.75) is 51.6 Å². The van der Waals surface area contributed by atoms with E-state index in [-0.39, 0.29) is 0 Å². The molecule has 0 aromatic heterocycles. The third-order valence-corrected chi connectivity index (χ3v) is 2.96. The van der Waals surface area contributed by atoms with Gasteiger partial charge in [0.25, 0.3) is 0 Å². The summed E-state index contributed by atoms with van der Waals surface area (Å²) in [7, 11) is 0. The first-order valence-electron chi connectivity index (χ1n) is 6.54. The van der Waals surface area contributed by atoms with Crippen molar-refractivity contribution in [2.75, 3.05) is 0 Å². The van der Waals surface area contributed by atoms with E-state index in [2.05, 4.69) is 16.1 Å². The number of nitrogens with zero attached hydrogens (tertiary/aromatic N) is 2. The summed E-state index contributed by atoms with van der Waals surface area (Å²) >= 11 is 0. The fourth-order valence-corrected chi connectivity index (χ4v) is 2.17. The number of rotatable bonds is 6. The van der Waals surface area contributed by atoms with Crippen LogP contribution in [-0.4, -0.2) is 23.2 Å². The van der Waals surface area contributed by atoms with Crippen LogP contribution in [0, 0.1) is 0 Å². The lowest BCUT2D eigenvalue weighted by Gasteiger charge is -2.20. The van der Waals surface area contributed by atoms with Crippen LogP contribution in [0.5, 0.6) is 0 Å². The summed E-state index contributed by atoms with van der Waals surface area (Å²) in [6.45, 7) is 7.58. The number of hydrogen-bond acceptors (Lipinski definition) is 4. The van der Waals surface area contributed by atoms with Crippen molar-refractivity contribution >= 4 is 12.2 Å². The maximum Gasteiger partial charge on any atom is 0.235 e. The molecule has 1 aromatic carbocycles. The average Bonchev–Trinajstić information content (AvgIpc) is 2.27. The Bertz CT molecular complexity index is 516. The van der Waals surface area contributed by atoms with Crippen molar-refractivity contribution in [1.82, 2.24) is 0 Å². The molecular weight excluding hydrogens is 252 g/mol. The van der Waals surface area contributed by atoms with Crippen molar-refractivity contribution in [1.29, 1.82) is 0 Å². The highest BCUT2D eigenvalue weighted by Crippen LogP contribution is 2.21. The molecule has 106 valence electrons. The molecule has 0 unspecified atom stereocenters. The Kier molecular flexibility index (Phi) is 5.15. The van der Waals surface area contributed by atoms with E-state index in [4.69, 9.17) is 0 Å². The molecule has 0 aliphatic carbocycles. The summed E-state index contributed by atoms with van der Waals surface area (Å²) in [6.07, 6.45) is 4.55. The molecule has 20 heavy (non-hydrogen) atoms. The lowest BCUT2D eigenvalue weighted by atomic mass is 9.91. The molecule has 1 aromatic rings. The Labute approximate surface area is 119 Å². The minimum Gasteiger partial charge on any atom is -0.211 e. The minimum absolute atomic E-state index is 0.461. The van der Waals surface area contributed by atoms with Crippen LogP contribution in [0.4, 0.5) is 0 Å². The van der Waals surface area contributed by atoms with E-state index < -0.39 is 11.1 Å². The molecule has 0 amide bonds. The van der Waals surface area contributed by atoms with Gasteiger partial charge in [-0.05, 0) is 51.7 Å². The fraction of sp³-hybridized carbons (Fsp3) is 0.500. The molecule has 0 atom stereocenters. The Morgan fingerprint density at radius 3 is 1.65 bits per heavy atom. The van der Waals surface area contributed by atoms with Crippen LogP contribution >= 0.6 is 0 Å². The molecule has 4 heteroatoms. The largest absolute Gasteiger partial charge is 0.235 e. The lowest BCUT2D eigenvalue weighted by molar-refractivity contribution is 0.497. The first-order valence-corrected chi connectivity index (χ1v) is 6.54. The van der Waals surface area contributed by atoms with Crippen LogP contribution in [0.15, 0.2) is 34.3 Å². The highest BCUT2D eigenvalue weighted by atomic mass is 16.1. The van der Waals surface area contributed by atoms with Crippen LogP contribution in [-0.2, 0) is 22.4 Å². The molecule has 0 spiro atoms. The molecule has 0 radical (unpaired) electrons. The smallest absolute Gasteiger partial charge is 0.211 e. The van der Waals surface area contributed by atoms with Gasteiger partial charge in [-0.15, -0.1) is 0 Å². The monoisotopic (exact) mass is 272 g/mol. The van der Waals surface area contributed by atoms with Gasteiger partial charge in [0, 0.05) is 0 Å². The quantitative estimate of drug-likeness (QED) is 0.590. The van der Waals surface area contributed by atoms with Crippen molar-refractivity contribution < 1.29 is 9.59 Å². The Balaban J connectivity index is 2.91. The molecule has 1 rings (SSSR count). The Morgan fingerprint density at radius 1 is 0.900 bits per heavy atom. The van der Waals surface area contributed by atoms with Crippen molar-refractivity contribution in [3.8, 4) is 0 Å². The summed E-state index contributed by atoms with van der Waals surface area (Å²) in [6, 6.07) is 8.03. The first-order chi connectivity index (χ1) is 9.28. The molecule has 0 aliphatic rings. The summed E-state index contributed by atoms with van der Waals surface area (Å²) in [5.74, 6) is 0. The molecule has 0 bridgehead atoms. The summed E-state index contributed by atoms with van der Waals surface area (Å²) < 4.78 is 0. The summed E-state index contributed by atoms with van der Waals surface area (Å²) in [4.78, 5) is 28.4. The van der Waals surface area contributed by atoms with Gasteiger partial charge in [-0.3, -0.25) is 0 Å². The predicted octanol–water partition coefficient (Wildman–Crippen LogP) is 3.00. The number of carbonyl (C=O) groups excluding carboxylic acids is 2. The zero-order chi connectivity index (χ0) is 15.2. The van der Waals surface area contributed by atoms with E-state index in [1.807, 2.05) is 45.9 Å². The fourth-order valence-electron chi connectivity index (χ4n) is 2.17. The van der Waals surface area contributed by atoms with E-state index in [1.165, 1.54) is 0 Å². The van der Waals surface area contributed by atoms with Gasteiger partial charge in [0.05, 0.1) is 11.1 Å². The van der Waals surface area contributed by atoms with Crippen LogP contribution in [0.1, 0.15) is 38.8 Å². The van der Waals surface area contributed by atoms with Gasteiger partial charge in [0.1, 0.15) is 0 Å². The van der Waals surface area contributed by atoms with Gasteiger partial charge in [-0.2, -0.15) is 9.98 Å². The second-order valence-electron chi connectivity index (χ2n) is 6.20. The van der Waals surface area contributed by atoms with Gasteiger partial charge >= 0.3 is 0 Å². The van der Waals surface area contributed by atoms with E-state index in [1.54, 1.807) is 12.2 Å². The molecule has 0 saturated carbocycles. The molecule has 0 fully saturated rings. The topological polar surface area (TPSA) is 58.9 Å². The van der Waals surface area contributed by atoms with Gasteiger partial charge < -0.3 is 0 Å². The van der Waals surface area contributed by atoms with Crippen molar-refractivity contribution in [3.63, 3.8) is 0 Å². The van der Waals surface area contributed by atoms with Crippen molar-refractivity contribution in [3.05, 3.63) is 35.4 Å². The molecule has 0 aliphatic heterocycles. The van der Waals surface area contributed by atoms with E-state index in [0.717, 1.165) is 11.1 Å². The van der Waals surface area contributed by atoms with Crippen molar-refractivity contribution in [2.24, 2.45) is 9.98 Å². The second kappa shape index (κ2) is 6.42. The molecule has 0 N–H and O–H groups in total. The Morgan fingerprint density at radius 2 is 1.30 bits per heavy atom. The van der Waals surface area contributed by atoms with Crippen LogP contribution < -0.4 is 0 Å². The summed E-state index contributed by atoms with van der Waals surface area (Å²) in [5.41, 5.74) is 1.27. The second-order valence-corrected chi connectivity index (χ2v) is 6.20. The van der Waals surface area contributed by atoms with Gasteiger partial charge in [0.15, 0.2) is 0 Å². The Hall–Kier alpha value is -2.02. The van der Waals surface area contributed by atoms with E-state index in [0.29, 0.717) is 12.8 Å². The predicted molar refractivity (Wildman–Crippen MR) is 78.3 cm³/mol. The molecule has 0 saturated heterocycles. The molecular formula is C16H20N2O2. The molecule has 4 nitrogen and oxygen atoms in total. The normalized spacial score (nSPS) is 11.4. The third-order valence-electron chi connectivity index (χ3n) is 2.96. The number of hydrogen-bond donors (Lipinski definition) is 0. The number of benzene rings is 1. The number of isocyanates is 2. The van der Waals surface area contributed by atoms with E-state index >= 15 is 0 Å². The van der Waals surface area contributed by atoms with Crippen LogP contribution in [0.2, 0.25) is 0 Å². The highest BCUT2D eigenvalue weighted by molar-refractivity contribution is 5.36.